The van der Waals surface area contributed by atoms with Gasteiger partial charge >= 0.3 is 0 Å². The van der Waals surface area contributed by atoms with Crippen LogP contribution in [0.1, 0.15) is 41.9 Å². The zero-order chi connectivity index (χ0) is 15.8. The Morgan fingerprint density at radius 3 is 3.09 bits per heavy atom. The number of rotatable bonds is 2. The Balaban J connectivity index is 1.59. The molecule has 2 heterocycles. The molecule has 4 rings (SSSR count). The standard InChI is InChI=1S/C17H21FN4O/c1-21-11-19-20-17(21)16-10-22(7-8-23-16)15-4-2-3-12-5-6-13(18)9-14(12)15/h5-6,9,11,15-16H,2-4,7-8,10H2,1H3/t15-,16+/m1/s1. The lowest BCUT2D eigenvalue weighted by Gasteiger charge is -2.40. The first-order valence-corrected chi connectivity index (χ1v) is 8.20. The Morgan fingerprint density at radius 2 is 2.26 bits per heavy atom. The van der Waals surface area contributed by atoms with Crippen molar-refractivity contribution in [1.82, 2.24) is 19.7 Å². The zero-order valence-electron chi connectivity index (χ0n) is 13.3. The maximum Gasteiger partial charge on any atom is 0.163 e. The Hall–Kier alpha value is -1.79. The summed E-state index contributed by atoms with van der Waals surface area (Å²) in [5, 5.41) is 8.13. The van der Waals surface area contributed by atoms with Crippen LogP contribution < -0.4 is 0 Å². The fourth-order valence-electron chi connectivity index (χ4n) is 3.82. The third-order valence-electron chi connectivity index (χ3n) is 4.96. The Bertz CT molecular complexity index is 702. The summed E-state index contributed by atoms with van der Waals surface area (Å²) in [5.74, 6) is 0.707. The molecular weight excluding hydrogens is 295 g/mol. The fraction of sp³-hybridized carbons (Fsp3) is 0.529. The van der Waals surface area contributed by atoms with Crippen molar-refractivity contribution in [3.8, 4) is 0 Å². The summed E-state index contributed by atoms with van der Waals surface area (Å²) in [6, 6.07) is 5.50. The molecule has 1 aliphatic carbocycles. The van der Waals surface area contributed by atoms with Gasteiger partial charge in [0.25, 0.3) is 0 Å². The maximum absolute atomic E-state index is 13.7. The molecule has 0 N–H and O–H groups in total. The smallest absolute Gasteiger partial charge is 0.163 e. The van der Waals surface area contributed by atoms with Gasteiger partial charge in [-0.05, 0) is 42.5 Å². The van der Waals surface area contributed by atoms with Crippen molar-refractivity contribution in [2.75, 3.05) is 19.7 Å². The number of fused-ring (bicyclic) bond motifs is 1. The summed E-state index contributed by atoms with van der Waals surface area (Å²) in [6.07, 6.45) is 4.89. The first-order chi connectivity index (χ1) is 11.2. The highest BCUT2D eigenvalue weighted by atomic mass is 19.1. The summed E-state index contributed by atoms with van der Waals surface area (Å²) in [6.45, 7) is 2.31. The van der Waals surface area contributed by atoms with Gasteiger partial charge in [-0.2, -0.15) is 0 Å². The van der Waals surface area contributed by atoms with Gasteiger partial charge in [0.1, 0.15) is 18.2 Å². The predicted molar refractivity (Wildman–Crippen MR) is 83.3 cm³/mol. The van der Waals surface area contributed by atoms with E-state index in [2.05, 4.69) is 15.1 Å². The molecule has 1 fully saturated rings. The van der Waals surface area contributed by atoms with Gasteiger partial charge in [-0.25, -0.2) is 4.39 Å². The lowest BCUT2D eigenvalue weighted by atomic mass is 9.86. The van der Waals surface area contributed by atoms with Gasteiger partial charge in [0, 0.05) is 26.2 Å². The molecule has 0 unspecified atom stereocenters. The van der Waals surface area contributed by atoms with Crippen molar-refractivity contribution >= 4 is 0 Å². The first-order valence-electron chi connectivity index (χ1n) is 8.20. The monoisotopic (exact) mass is 316 g/mol. The van der Waals surface area contributed by atoms with Crippen LogP contribution in [0.3, 0.4) is 0 Å². The van der Waals surface area contributed by atoms with E-state index >= 15 is 0 Å². The molecular formula is C17H21FN4O. The molecule has 1 aromatic heterocycles. The van der Waals surface area contributed by atoms with Crippen molar-refractivity contribution in [3.05, 3.63) is 47.3 Å². The van der Waals surface area contributed by atoms with Crippen molar-refractivity contribution < 1.29 is 9.13 Å². The van der Waals surface area contributed by atoms with E-state index < -0.39 is 0 Å². The Morgan fingerprint density at radius 1 is 1.35 bits per heavy atom. The molecule has 0 spiro atoms. The Kier molecular flexibility index (Phi) is 3.87. The van der Waals surface area contributed by atoms with Gasteiger partial charge in [0.2, 0.25) is 0 Å². The van der Waals surface area contributed by atoms with Crippen LogP contribution >= 0.6 is 0 Å². The maximum atomic E-state index is 13.7. The van der Waals surface area contributed by atoms with Crippen LogP contribution in [0.5, 0.6) is 0 Å². The van der Waals surface area contributed by atoms with Crippen LogP contribution in [-0.2, 0) is 18.2 Å². The lowest BCUT2D eigenvalue weighted by molar-refractivity contribution is -0.0530. The van der Waals surface area contributed by atoms with Gasteiger partial charge in [-0.3, -0.25) is 4.90 Å². The van der Waals surface area contributed by atoms with E-state index in [4.69, 9.17) is 4.74 Å². The summed E-state index contributed by atoms with van der Waals surface area (Å²) >= 11 is 0. The molecule has 2 aromatic rings. The van der Waals surface area contributed by atoms with Crippen molar-refractivity contribution in [3.63, 3.8) is 0 Å². The summed E-state index contributed by atoms with van der Waals surface area (Å²) in [5.41, 5.74) is 2.43. The van der Waals surface area contributed by atoms with Gasteiger partial charge in [-0.1, -0.05) is 6.07 Å². The zero-order valence-corrected chi connectivity index (χ0v) is 13.3. The lowest BCUT2D eigenvalue weighted by Crippen LogP contribution is -2.42. The van der Waals surface area contributed by atoms with E-state index in [9.17, 15) is 4.39 Å². The highest BCUT2D eigenvalue weighted by molar-refractivity contribution is 5.33. The minimum absolute atomic E-state index is 0.0739. The molecule has 2 aliphatic rings. The summed E-state index contributed by atoms with van der Waals surface area (Å²) < 4.78 is 21.5. The van der Waals surface area contributed by atoms with Crippen molar-refractivity contribution in [1.29, 1.82) is 0 Å². The topological polar surface area (TPSA) is 43.2 Å². The van der Waals surface area contributed by atoms with E-state index in [1.165, 1.54) is 5.56 Å². The largest absolute Gasteiger partial charge is 0.368 e. The average molecular weight is 316 g/mol. The third kappa shape index (κ3) is 2.77. The molecule has 1 saturated heterocycles. The Labute approximate surface area is 135 Å². The SMILES string of the molecule is Cn1cnnc1[C@@H]1CN([C@@H]2CCCc3ccc(F)cc32)CCO1. The van der Waals surface area contributed by atoms with Gasteiger partial charge in [-0.15, -0.1) is 10.2 Å². The highest BCUT2D eigenvalue weighted by Crippen LogP contribution is 2.37. The normalized spacial score (nSPS) is 25.3. The minimum atomic E-state index is -0.145. The second-order valence-electron chi connectivity index (χ2n) is 6.41. The number of aromatic nitrogens is 3. The van der Waals surface area contributed by atoms with Gasteiger partial charge < -0.3 is 9.30 Å². The van der Waals surface area contributed by atoms with E-state index in [1.807, 2.05) is 17.7 Å². The van der Waals surface area contributed by atoms with Gasteiger partial charge in [0.15, 0.2) is 5.82 Å². The van der Waals surface area contributed by atoms with Crippen LogP contribution in [0.25, 0.3) is 0 Å². The van der Waals surface area contributed by atoms with E-state index in [-0.39, 0.29) is 18.0 Å². The molecule has 23 heavy (non-hydrogen) atoms. The molecule has 2 atom stereocenters. The van der Waals surface area contributed by atoms with Crippen LogP contribution in [-0.4, -0.2) is 39.4 Å². The average Bonchev–Trinajstić information content (AvgIpc) is 3.00. The summed E-state index contributed by atoms with van der Waals surface area (Å²) in [4.78, 5) is 2.42. The molecule has 122 valence electrons. The number of benzene rings is 1. The second kappa shape index (κ2) is 6.02. The molecule has 5 nitrogen and oxygen atoms in total. The number of ether oxygens (including phenoxy) is 1. The first kappa shape index (κ1) is 14.8. The molecule has 0 amide bonds. The van der Waals surface area contributed by atoms with Crippen LogP contribution in [0.4, 0.5) is 4.39 Å². The predicted octanol–water partition coefficient (Wildman–Crippen LogP) is 2.41. The molecule has 0 bridgehead atoms. The molecule has 6 heteroatoms. The van der Waals surface area contributed by atoms with Crippen molar-refractivity contribution in [2.45, 2.75) is 31.4 Å². The van der Waals surface area contributed by atoms with E-state index in [0.717, 1.165) is 43.7 Å². The van der Waals surface area contributed by atoms with E-state index in [1.54, 1.807) is 18.5 Å². The van der Waals surface area contributed by atoms with Gasteiger partial charge in [0.05, 0.1) is 6.61 Å². The van der Waals surface area contributed by atoms with Crippen LogP contribution in [0, 0.1) is 5.82 Å². The molecule has 0 radical (unpaired) electrons. The van der Waals surface area contributed by atoms with E-state index in [0.29, 0.717) is 6.61 Å². The fourth-order valence-corrected chi connectivity index (χ4v) is 3.82. The highest BCUT2D eigenvalue weighted by Gasteiger charge is 2.32. The van der Waals surface area contributed by atoms with Crippen LogP contribution in [0.2, 0.25) is 0 Å². The molecule has 0 saturated carbocycles. The molecule has 1 aromatic carbocycles. The second-order valence-corrected chi connectivity index (χ2v) is 6.41. The number of nitrogens with zero attached hydrogens (tertiary/aromatic N) is 4. The third-order valence-corrected chi connectivity index (χ3v) is 4.96. The number of halogens is 1. The number of morpholine rings is 1. The number of hydrogen-bond donors (Lipinski definition) is 0. The number of aryl methyl sites for hydroxylation is 2. The van der Waals surface area contributed by atoms with Crippen molar-refractivity contribution in [2.24, 2.45) is 7.05 Å². The summed E-state index contributed by atoms with van der Waals surface area (Å²) in [7, 11) is 1.93. The minimum Gasteiger partial charge on any atom is -0.368 e. The molecule has 1 aliphatic heterocycles. The quantitative estimate of drug-likeness (QED) is 0.853. The number of hydrogen-bond acceptors (Lipinski definition) is 4. The van der Waals surface area contributed by atoms with Crippen LogP contribution in [0.15, 0.2) is 24.5 Å².